The third kappa shape index (κ3) is 4.99. The lowest BCUT2D eigenvalue weighted by atomic mass is 10.0. The van der Waals surface area contributed by atoms with Crippen LogP contribution < -0.4 is 10.5 Å². The Kier molecular flexibility index (Phi) is 6.55. The van der Waals surface area contributed by atoms with Crippen LogP contribution in [0.4, 0.5) is 0 Å². The molecule has 0 aromatic carbocycles. The summed E-state index contributed by atoms with van der Waals surface area (Å²) in [5.74, 6) is 1.51. The largest absolute Gasteiger partial charge is 0.475 e. The maximum atomic E-state index is 13.7. The number of likely N-dealkylation sites (tertiary alicyclic amines) is 1. The summed E-state index contributed by atoms with van der Waals surface area (Å²) >= 11 is 6.04. The van der Waals surface area contributed by atoms with Crippen molar-refractivity contribution >= 4 is 29.4 Å². The Hall–Kier alpha value is -3.19. The van der Waals surface area contributed by atoms with Gasteiger partial charge in [-0.25, -0.2) is 9.97 Å². The first-order valence-electron chi connectivity index (χ1n) is 10.6. The fraction of sp³-hybridized carbons (Fsp3) is 0.333. The molecule has 1 saturated carbocycles. The molecule has 2 fully saturated rings. The summed E-state index contributed by atoms with van der Waals surface area (Å²) in [7, 11) is 0. The number of fused-ring (bicyclic) bond motifs is 1. The van der Waals surface area contributed by atoms with Gasteiger partial charge in [0.1, 0.15) is 12.3 Å². The number of ether oxygens (including phenoxy) is 1. The van der Waals surface area contributed by atoms with Gasteiger partial charge in [0.25, 0.3) is 5.91 Å². The first kappa shape index (κ1) is 22.0. The number of hydrogen-bond acceptors (Lipinski definition) is 6. The maximum Gasteiger partial charge on any atom is 0.273 e. The van der Waals surface area contributed by atoms with E-state index in [1.807, 2.05) is 24.0 Å². The van der Waals surface area contributed by atoms with Crippen LogP contribution in [0.3, 0.4) is 0 Å². The number of pyridine rings is 2. The Labute approximate surface area is 192 Å². The van der Waals surface area contributed by atoms with Crippen LogP contribution in [0.15, 0.2) is 54.3 Å². The van der Waals surface area contributed by atoms with Gasteiger partial charge < -0.3 is 15.4 Å². The molecule has 1 saturated heterocycles. The molecule has 0 unspecified atom stereocenters. The van der Waals surface area contributed by atoms with Crippen molar-refractivity contribution in [3.8, 4) is 5.88 Å². The molecule has 2 aromatic rings. The first-order chi connectivity index (χ1) is 15.5. The van der Waals surface area contributed by atoms with Crippen LogP contribution in [0.25, 0.3) is 5.70 Å². The number of aromatic nitrogens is 2. The number of halogens is 1. The number of amides is 1. The number of hydrogen-bond donors (Lipinski definition) is 1. The highest BCUT2D eigenvalue weighted by Crippen LogP contribution is 2.47. The zero-order valence-corrected chi connectivity index (χ0v) is 18.7. The highest BCUT2D eigenvalue weighted by Gasteiger charge is 2.47. The predicted molar refractivity (Wildman–Crippen MR) is 126 cm³/mol. The number of rotatable bonds is 7. The van der Waals surface area contributed by atoms with E-state index in [4.69, 9.17) is 22.1 Å². The second-order valence-electron chi connectivity index (χ2n) is 8.18. The van der Waals surface area contributed by atoms with E-state index in [1.165, 1.54) is 6.20 Å². The summed E-state index contributed by atoms with van der Waals surface area (Å²) in [6, 6.07) is 6.99. The van der Waals surface area contributed by atoms with Gasteiger partial charge in [-0.3, -0.25) is 9.79 Å². The molecule has 1 aliphatic heterocycles. The molecule has 3 heterocycles. The maximum absolute atomic E-state index is 13.7. The SMILES string of the molecule is C=C(N=C/C=C\N)c1ccc(C)nc1C(=O)N1C[C@@H]2C[C@@H]2C[C@H]1COc1cc(Cl)ccn1. The standard InChI is InChI=1S/C24H26ClN5O2/c1-15-4-5-21(16(2)27-8-3-7-26)23(29-15)24(31)30-13-18-10-17(18)11-20(30)14-32-22-12-19(25)6-9-28-22/h3-9,12,17-18,20H,2,10-11,13-14,26H2,1H3/b7-3-,27-8?/t17-,18+,20+/m1/s1. The topological polar surface area (TPSA) is 93.7 Å². The molecule has 32 heavy (non-hydrogen) atoms. The third-order valence-corrected chi connectivity index (χ3v) is 6.11. The fourth-order valence-corrected chi connectivity index (χ4v) is 4.24. The van der Waals surface area contributed by atoms with Crippen LogP contribution in [0.5, 0.6) is 5.88 Å². The van der Waals surface area contributed by atoms with Gasteiger partial charge in [0.2, 0.25) is 5.88 Å². The summed E-state index contributed by atoms with van der Waals surface area (Å²) < 4.78 is 5.91. The van der Waals surface area contributed by atoms with E-state index in [2.05, 4.69) is 21.5 Å². The minimum atomic E-state index is -0.132. The Morgan fingerprint density at radius 3 is 3.00 bits per heavy atom. The van der Waals surface area contributed by atoms with E-state index < -0.39 is 0 Å². The van der Waals surface area contributed by atoms with Crippen molar-refractivity contribution in [3.63, 3.8) is 0 Å². The molecule has 166 valence electrons. The van der Waals surface area contributed by atoms with Gasteiger partial charge in [-0.15, -0.1) is 0 Å². The van der Waals surface area contributed by atoms with E-state index >= 15 is 0 Å². The zero-order valence-electron chi connectivity index (χ0n) is 17.9. The van der Waals surface area contributed by atoms with E-state index in [-0.39, 0.29) is 11.9 Å². The third-order valence-electron chi connectivity index (χ3n) is 5.87. The number of carbonyl (C=O) groups is 1. The van der Waals surface area contributed by atoms with Crippen molar-refractivity contribution in [2.45, 2.75) is 25.8 Å². The molecular weight excluding hydrogens is 426 g/mol. The lowest BCUT2D eigenvalue weighted by Crippen LogP contribution is -2.48. The summed E-state index contributed by atoms with van der Waals surface area (Å²) in [5, 5.41) is 0.561. The predicted octanol–water partition coefficient (Wildman–Crippen LogP) is 3.88. The van der Waals surface area contributed by atoms with E-state index in [9.17, 15) is 4.79 Å². The molecule has 2 N–H and O–H groups in total. The highest BCUT2D eigenvalue weighted by atomic mass is 35.5. The first-order valence-corrected chi connectivity index (χ1v) is 11.0. The monoisotopic (exact) mass is 451 g/mol. The van der Waals surface area contributed by atoms with Gasteiger partial charge in [0.05, 0.1) is 11.7 Å². The fourth-order valence-electron chi connectivity index (χ4n) is 4.09. The van der Waals surface area contributed by atoms with E-state index in [1.54, 1.807) is 30.6 Å². The minimum Gasteiger partial charge on any atom is -0.475 e. The lowest BCUT2D eigenvalue weighted by molar-refractivity contribution is 0.0502. The van der Waals surface area contributed by atoms with Crippen LogP contribution in [-0.4, -0.2) is 46.2 Å². The van der Waals surface area contributed by atoms with Crippen molar-refractivity contribution in [3.05, 3.63) is 71.3 Å². The molecule has 1 aliphatic carbocycles. The number of piperidine rings is 1. The molecule has 1 amide bonds. The molecule has 0 spiro atoms. The Morgan fingerprint density at radius 2 is 2.22 bits per heavy atom. The molecule has 8 heteroatoms. The average molecular weight is 452 g/mol. The Balaban J connectivity index is 1.57. The molecular formula is C24H26ClN5O2. The van der Waals surface area contributed by atoms with Gasteiger partial charge >= 0.3 is 0 Å². The van der Waals surface area contributed by atoms with Crippen molar-refractivity contribution in [2.75, 3.05) is 13.2 Å². The Bertz CT molecular complexity index is 1080. The summed E-state index contributed by atoms with van der Waals surface area (Å²) in [4.78, 5) is 28.6. The summed E-state index contributed by atoms with van der Waals surface area (Å²) in [5.41, 5.74) is 7.54. The molecule has 2 aliphatic rings. The quantitative estimate of drug-likeness (QED) is 0.644. The van der Waals surface area contributed by atoms with Crippen LogP contribution in [0.1, 0.15) is 34.6 Å². The number of aliphatic imine (C=N–C) groups is 1. The van der Waals surface area contributed by atoms with Crippen LogP contribution in [0.2, 0.25) is 5.02 Å². The number of nitrogens with two attached hydrogens (primary N) is 1. The summed E-state index contributed by atoms with van der Waals surface area (Å²) in [6.07, 6.45) is 8.18. The number of nitrogens with zero attached hydrogens (tertiary/aromatic N) is 4. The van der Waals surface area contributed by atoms with Gasteiger partial charge in [0, 0.05) is 41.3 Å². The number of aryl methyl sites for hydroxylation is 1. The van der Waals surface area contributed by atoms with Crippen molar-refractivity contribution in [2.24, 2.45) is 22.6 Å². The van der Waals surface area contributed by atoms with Crippen LogP contribution in [-0.2, 0) is 0 Å². The van der Waals surface area contributed by atoms with Gasteiger partial charge in [-0.05, 0) is 62.1 Å². The molecule has 3 atom stereocenters. The average Bonchev–Trinajstić information content (AvgIpc) is 3.55. The Morgan fingerprint density at radius 1 is 1.38 bits per heavy atom. The van der Waals surface area contributed by atoms with Gasteiger partial charge in [0.15, 0.2) is 0 Å². The van der Waals surface area contributed by atoms with Crippen LogP contribution >= 0.6 is 11.6 Å². The second kappa shape index (κ2) is 9.53. The normalized spacial score (nSPS) is 22.2. The van der Waals surface area contributed by atoms with E-state index in [0.29, 0.717) is 52.8 Å². The molecule has 2 aromatic heterocycles. The zero-order chi connectivity index (χ0) is 22.7. The highest BCUT2D eigenvalue weighted by molar-refractivity contribution is 6.30. The second-order valence-corrected chi connectivity index (χ2v) is 8.62. The molecule has 7 nitrogen and oxygen atoms in total. The molecule has 0 bridgehead atoms. The van der Waals surface area contributed by atoms with Crippen molar-refractivity contribution in [1.29, 1.82) is 0 Å². The number of allylic oxidation sites excluding steroid dienone is 1. The van der Waals surface area contributed by atoms with Gasteiger partial charge in [-0.2, -0.15) is 0 Å². The van der Waals surface area contributed by atoms with E-state index in [0.717, 1.165) is 18.5 Å². The van der Waals surface area contributed by atoms with Crippen molar-refractivity contribution < 1.29 is 9.53 Å². The van der Waals surface area contributed by atoms with Gasteiger partial charge in [-0.1, -0.05) is 18.2 Å². The van der Waals surface area contributed by atoms with Crippen molar-refractivity contribution in [1.82, 2.24) is 14.9 Å². The van der Waals surface area contributed by atoms with Crippen LogP contribution in [0, 0.1) is 18.8 Å². The summed E-state index contributed by atoms with van der Waals surface area (Å²) in [6.45, 7) is 6.92. The molecule has 0 radical (unpaired) electrons. The smallest absolute Gasteiger partial charge is 0.273 e. The minimum absolute atomic E-state index is 0.0702. The lowest BCUT2D eigenvalue weighted by Gasteiger charge is -2.35. The molecule has 4 rings (SSSR count). The number of carbonyl (C=O) groups excluding carboxylic acids is 1.